The predicted octanol–water partition coefficient (Wildman–Crippen LogP) is 20.0. The molecular weight excluding hydrogens is 1230 g/mol. The van der Waals surface area contributed by atoms with Gasteiger partial charge in [0.05, 0.1) is 26.4 Å². The molecule has 0 aliphatic rings. The van der Waals surface area contributed by atoms with Crippen LogP contribution in [0.2, 0.25) is 0 Å². The number of hydrogen-bond acceptors (Lipinski definition) is 15. The van der Waals surface area contributed by atoms with Gasteiger partial charge in [0.2, 0.25) is 0 Å². The maximum atomic E-state index is 13.0. The standard InChI is InChI=1S/C75H126O17P2/c1-5-9-13-17-21-25-29-32-34-37-40-43-47-51-55-59-72(77)85-65-70(91-74(79)61-57-53-49-45-39-28-24-20-16-12-8-4)67-89-93(81,82)87-63-69(76)64-88-94(83,84)90-68-71(92-75(80)62-58-54-50-46-42-36-31-27-23-19-15-11-7-3)66-86-73(78)60-56-52-48-44-41-38-35-33-30-26-22-18-14-10-6-2/h9-10,13-14,20-22,24-27,31-35,40-41,43-44,69-71,76H,5-8,11-12,15-19,23,28-30,36-39,42,45-68H2,1-4H3,(H,81,82)(H,83,84)/b13-9-,14-10-,24-20-,25-21-,26-22-,31-27-,34-32-,35-33-,43-40-,44-41-. The molecule has 0 aromatic heterocycles. The van der Waals surface area contributed by atoms with E-state index in [1.165, 1.54) is 38.5 Å². The Kier molecular flexibility index (Phi) is 63.8. The Balaban J connectivity index is 5.40. The highest BCUT2D eigenvalue weighted by Crippen LogP contribution is 2.45. The summed E-state index contributed by atoms with van der Waals surface area (Å²) in [5.74, 6) is -2.30. The number of rotatable bonds is 66. The molecular formula is C75H126O17P2. The minimum atomic E-state index is -4.98. The lowest BCUT2D eigenvalue weighted by molar-refractivity contribution is -0.161. The monoisotopic (exact) mass is 1360 g/mol. The predicted molar refractivity (Wildman–Crippen MR) is 381 cm³/mol. The molecule has 5 unspecified atom stereocenters. The molecule has 0 heterocycles. The average Bonchev–Trinajstić information content (AvgIpc) is 1.35. The summed E-state index contributed by atoms with van der Waals surface area (Å²) in [5.41, 5.74) is 0. The van der Waals surface area contributed by atoms with E-state index in [1.807, 2.05) is 0 Å². The van der Waals surface area contributed by atoms with Crippen LogP contribution in [-0.2, 0) is 65.4 Å². The molecule has 0 bridgehead atoms. The van der Waals surface area contributed by atoms with E-state index in [1.54, 1.807) is 0 Å². The van der Waals surface area contributed by atoms with Crippen molar-refractivity contribution in [2.75, 3.05) is 39.6 Å². The van der Waals surface area contributed by atoms with Crippen LogP contribution in [0.15, 0.2) is 122 Å². The summed E-state index contributed by atoms with van der Waals surface area (Å²) in [4.78, 5) is 72.6. The first kappa shape index (κ1) is 89.5. The largest absolute Gasteiger partial charge is 0.472 e. The van der Waals surface area contributed by atoms with Crippen LogP contribution in [0.25, 0.3) is 0 Å². The van der Waals surface area contributed by atoms with Crippen LogP contribution in [0.5, 0.6) is 0 Å². The molecule has 0 aliphatic carbocycles. The summed E-state index contributed by atoms with van der Waals surface area (Å²) in [6.45, 7) is 4.44. The number of aliphatic hydroxyl groups excluding tert-OH is 1. The van der Waals surface area contributed by atoms with Gasteiger partial charge in [-0.05, 0) is 148 Å². The second kappa shape index (κ2) is 67.0. The minimum absolute atomic E-state index is 0.0720. The number of ether oxygens (including phenoxy) is 4. The second-order valence-corrected chi connectivity index (χ2v) is 26.3. The van der Waals surface area contributed by atoms with Crippen LogP contribution >= 0.6 is 15.6 Å². The smallest absolute Gasteiger partial charge is 0.462 e. The highest BCUT2D eigenvalue weighted by molar-refractivity contribution is 7.47. The fraction of sp³-hybridized carbons (Fsp3) is 0.680. The number of carbonyl (C=O) groups excluding carboxylic acids is 4. The van der Waals surface area contributed by atoms with E-state index in [4.69, 9.17) is 37.0 Å². The third-order valence-electron chi connectivity index (χ3n) is 14.4. The number of carbonyl (C=O) groups is 4. The Morgan fingerprint density at radius 2 is 0.564 bits per heavy atom. The lowest BCUT2D eigenvalue weighted by Crippen LogP contribution is -2.30. The molecule has 0 radical (unpaired) electrons. The number of allylic oxidation sites excluding steroid dienone is 20. The van der Waals surface area contributed by atoms with Crippen molar-refractivity contribution in [1.82, 2.24) is 0 Å². The quantitative estimate of drug-likeness (QED) is 0.0169. The summed E-state index contributed by atoms with van der Waals surface area (Å²) < 4.78 is 68.2. The first-order chi connectivity index (χ1) is 45.7. The third-order valence-corrected chi connectivity index (χ3v) is 16.3. The van der Waals surface area contributed by atoms with Gasteiger partial charge in [-0.1, -0.05) is 220 Å². The Labute approximate surface area is 568 Å². The van der Waals surface area contributed by atoms with Gasteiger partial charge in [0, 0.05) is 25.7 Å². The van der Waals surface area contributed by atoms with E-state index >= 15 is 0 Å². The summed E-state index contributed by atoms with van der Waals surface area (Å²) in [6.07, 6.45) is 70.8. The molecule has 0 fully saturated rings. The van der Waals surface area contributed by atoms with E-state index in [0.29, 0.717) is 25.7 Å². The molecule has 94 heavy (non-hydrogen) atoms. The van der Waals surface area contributed by atoms with Crippen molar-refractivity contribution < 1.29 is 80.2 Å². The maximum absolute atomic E-state index is 13.0. The Hall–Kier alpha value is -4.54. The third kappa shape index (κ3) is 66.1. The van der Waals surface area contributed by atoms with Crippen LogP contribution in [0, 0.1) is 0 Å². The van der Waals surface area contributed by atoms with Gasteiger partial charge in [-0.3, -0.25) is 37.3 Å². The van der Waals surface area contributed by atoms with E-state index in [9.17, 15) is 43.2 Å². The molecule has 0 amide bonds. The molecule has 0 spiro atoms. The Morgan fingerprint density at radius 1 is 0.309 bits per heavy atom. The topological polar surface area (TPSA) is 237 Å². The van der Waals surface area contributed by atoms with E-state index < -0.39 is 97.5 Å². The zero-order chi connectivity index (χ0) is 69.0. The van der Waals surface area contributed by atoms with Crippen molar-refractivity contribution in [2.24, 2.45) is 0 Å². The SMILES string of the molecule is CC/C=C\C/C=C\C/C=C\C/C=C\CCCCC(=O)OCC(COP(=O)(O)OCC(O)COP(=O)(O)OCC(COC(=O)CCCC/C=C\C/C=C\C/C=C\C/C=C\CC)OC(=O)CCCCCCC/C=C\CCCCCC)OC(=O)CCCCCCC/C=C\CCCC. The van der Waals surface area contributed by atoms with E-state index in [-0.39, 0.29) is 25.7 Å². The average molecular weight is 1360 g/mol. The van der Waals surface area contributed by atoms with Gasteiger partial charge in [0.25, 0.3) is 0 Å². The van der Waals surface area contributed by atoms with E-state index in [2.05, 4.69) is 149 Å². The number of phosphoric acid groups is 2. The number of phosphoric ester groups is 2. The van der Waals surface area contributed by atoms with Crippen molar-refractivity contribution in [3.63, 3.8) is 0 Å². The lowest BCUT2D eigenvalue weighted by Gasteiger charge is -2.21. The lowest BCUT2D eigenvalue weighted by atomic mass is 10.1. The molecule has 0 saturated heterocycles. The van der Waals surface area contributed by atoms with E-state index in [0.717, 1.165) is 154 Å². The molecule has 0 aliphatic heterocycles. The van der Waals surface area contributed by atoms with Crippen molar-refractivity contribution >= 4 is 39.5 Å². The molecule has 0 aromatic rings. The number of esters is 4. The molecule has 19 heteroatoms. The first-order valence-electron chi connectivity index (χ1n) is 35.8. The zero-order valence-corrected chi connectivity index (χ0v) is 60.1. The summed E-state index contributed by atoms with van der Waals surface area (Å²) in [7, 11) is -9.97. The van der Waals surface area contributed by atoms with Gasteiger partial charge in [-0.2, -0.15) is 0 Å². The van der Waals surface area contributed by atoms with Gasteiger partial charge >= 0.3 is 39.5 Å². The van der Waals surface area contributed by atoms with Crippen molar-refractivity contribution in [3.8, 4) is 0 Å². The molecule has 0 aromatic carbocycles. The fourth-order valence-corrected chi connectivity index (χ4v) is 10.5. The number of aliphatic hydroxyl groups is 1. The highest BCUT2D eigenvalue weighted by atomic mass is 31.2. The van der Waals surface area contributed by atoms with Crippen LogP contribution in [0.4, 0.5) is 0 Å². The molecule has 17 nitrogen and oxygen atoms in total. The van der Waals surface area contributed by atoms with Gasteiger partial charge in [-0.15, -0.1) is 0 Å². The van der Waals surface area contributed by atoms with Crippen molar-refractivity contribution in [2.45, 2.75) is 290 Å². The molecule has 5 atom stereocenters. The molecule has 3 N–H and O–H groups in total. The van der Waals surface area contributed by atoms with Gasteiger partial charge in [0.15, 0.2) is 12.2 Å². The van der Waals surface area contributed by atoms with Crippen molar-refractivity contribution in [3.05, 3.63) is 122 Å². The zero-order valence-electron chi connectivity index (χ0n) is 58.3. The van der Waals surface area contributed by atoms with Gasteiger partial charge < -0.3 is 33.8 Å². The number of hydrogen-bond donors (Lipinski definition) is 3. The molecule has 0 rings (SSSR count). The fourth-order valence-electron chi connectivity index (χ4n) is 8.94. The number of unbranched alkanes of at least 4 members (excludes halogenated alkanes) is 20. The maximum Gasteiger partial charge on any atom is 0.472 e. The van der Waals surface area contributed by atoms with Crippen molar-refractivity contribution in [1.29, 1.82) is 0 Å². The second-order valence-electron chi connectivity index (χ2n) is 23.4. The molecule has 0 saturated carbocycles. The van der Waals surface area contributed by atoms with Crippen LogP contribution in [0.3, 0.4) is 0 Å². The van der Waals surface area contributed by atoms with Crippen LogP contribution in [-0.4, -0.2) is 96.7 Å². The van der Waals surface area contributed by atoms with Gasteiger partial charge in [-0.25, -0.2) is 9.13 Å². The Bertz CT molecular complexity index is 2270. The first-order valence-corrected chi connectivity index (χ1v) is 38.8. The van der Waals surface area contributed by atoms with Crippen LogP contribution in [0.1, 0.15) is 272 Å². The molecule has 538 valence electrons. The Morgan fingerprint density at radius 3 is 0.915 bits per heavy atom. The summed E-state index contributed by atoms with van der Waals surface area (Å²) in [6, 6.07) is 0. The summed E-state index contributed by atoms with van der Waals surface area (Å²) >= 11 is 0. The highest BCUT2D eigenvalue weighted by Gasteiger charge is 2.30. The summed E-state index contributed by atoms with van der Waals surface area (Å²) in [5, 5.41) is 10.6. The van der Waals surface area contributed by atoms with Crippen LogP contribution < -0.4 is 0 Å². The van der Waals surface area contributed by atoms with Gasteiger partial charge in [0.1, 0.15) is 19.3 Å². The minimum Gasteiger partial charge on any atom is -0.462 e. The normalized spacial score (nSPS) is 14.8.